The molecule has 7 rings (SSSR count). The number of anilines is 3. The molecule has 39 heavy (non-hydrogen) atoms. The Morgan fingerprint density at radius 3 is 2.62 bits per heavy atom. The molecule has 2 aliphatic heterocycles. The highest BCUT2D eigenvalue weighted by Crippen LogP contribution is 2.33. The number of rotatable bonds is 5. The molecule has 5 heterocycles. The van der Waals surface area contributed by atoms with Crippen molar-refractivity contribution in [3.8, 4) is 11.1 Å². The first-order valence-electron chi connectivity index (χ1n) is 13.7. The SMILES string of the molecule is OC1CCN(c2nc(Nc3ccc4nccc(-c5ccccc5)c4c3)nc3c2ncn3C2CCCCO2)CC1. The first-order chi connectivity index (χ1) is 19.2. The summed E-state index contributed by atoms with van der Waals surface area (Å²) in [6, 6.07) is 18.5. The molecule has 0 amide bonds. The van der Waals surface area contributed by atoms with Crippen LogP contribution in [0, 0.1) is 0 Å². The Bertz CT molecular complexity index is 1610. The number of aliphatic hydroxyl groups is 1. The maximum absolute atomic E-state index is 10.1. The summed E-state index contributed by atoms with van der Waals surface area (Å²) < 4.78 is 8.12. The van der Waals surface area contributed by atoms with Crippen LogP contribution in [0.5, 0.6) is 0 Å². The van der Waals surface area contributed by atoms with Crippen LogP contribution in [-0.4, -0.2) is 55.4 Å². The zero-order chi connectivity index (χ0) is 26.2. The standard InChI is InChI=1S/C30H31N7O2/c38-22-12-15-36(16-13-22)28-27-29(37(19-32-27)26-8-4-5-17-39-26)35-30(34-28)33-21-9-10-25-24(18-21)23(11-14-31-25)20-6-2-1-3-7-20/h1-3,6-7,9-11,14,18-19,22,26,38H,4-5,8,12-13,15-17H2,(H,33,34,35). The van der Waals surface area contributed by atoms with Crippen molar-refractivity contribution in [1.29, 1.82) is 0 Å². The minimum atomic E-state index is -0.269. The van der Waals surface area contributed by atoms with Gasteiger partial charge in [-0.2, -0.15) is 9.97 Å². The molecule has 2 aromatic carbocycles. The van der Waals surface area contributed by atoms with Crippen molar-refractivity contribution in [1.82, 2.24) is 24.5 Å². The maximum Gasteiger partial charge on any atom is 0.231 e. The second-order valence-corrected chi connectivity index (χ2v) is 10.3. The van der Waals surface area contributed by atoms with Crippen LogP contribution in [0.3, 0.4) is 0 Å². The van der Waals surface area contributed by atoms with Crippen molar-refractivity contribution in [2.45, 2.75) is 44.4 Å². The number of pyridine rings is 1. The van der Waals surface area contributed by atoms with Crippen molar-refractivity contribution in [3.05, 3.63) is 67.1 Å². The van der Waals surface area contributed by atoms with Gasteiger partial charge in [-0.25, -0.2) is 4.98 Å². The van der Waals surface area contributed by atoms with Gasteiger partial charge < -0.3 is 20.1 Å². The van der Waals surface area contributed by atoms with Gasteiger partial charge in [-0.05, 0) is 67.5 Å². The third kappa shape index (κ3) is 4.68. The average Bonchev–Trinajstić information content (AvgIpc) is 3.42. The van der Waals surface area contributed by atoms with E-state index in [0.717, 1.165) is 83.7 Å². The molecule has 2 saturated heterocycles. The van der Waals surface area contributed by atoms with Gasteiger partial charge in [-0.3, -0.25) is 9.55 Å². The Hall–Kier alpha value is -4.08. The van der Waals surface area contributed by atoms with Crippen LogP contribution in [0.15, 0.2) is 67.1 Å². The topological polar surface area (TPSA) is 101 Å². The van der Waals surface area contributed by atoms with E-state index in [9.17, 15) is 5.11 Å². The van der Waals surface area contributed by atoms with Gasteiger partial charge in [-0.1, -0.05) is 30.3 Å². The Morgan fingerprint density at radius 1 is 0.923 bits per heavy atom. The molecule has 2 N–H and O–H groups in total. The normalized spacial score (nSPS) is 18.6. The Morgan fingerprint density at radius 2 is 1.79 bits per heavy atom. The smallest absolute Gasteiger partial charge is 0.231 e. The van der Waals surface area contributed by atoms with E-state index in [-0.39, 0.29) is 12.3 Å². The summed E-state index contributed by atoms with van der Waals surface area (Å²) in [7, 11) is 0. The second kappa shape index (κ2) is 10.2. The number of hydrogen-bond donors (Lipinski definition) is 2. The zero-order valence-electron chi connectivity index (χ0n) is 21.7. The fourth-order valence-corrected chi connectivity index (χ4v) is 5.63. The van der Waals surface area contributed by atoms with Crippen LogP contribution >= 0.6 is 0 Å². The quantitative estimate of drug-likeness (QED) is 0.315. The number of hydrogen-bond acceptors (Lipinski definition) is 8. The van der Waals surface area contributed by atoms with E-state index in [2.05, 4.69) is 39.5 Å². The lowest BCUT2D eigenvalue weighted by Gasteiger charge is -2.30. The molecule has 1 unspecified atom stereocenters. The minimum absolute atomic E-state index is 0.0808. The molecule has 198 valence electrons. The summed E-state index contributed by atoms with van der Waals surface area (Å²) in [5, 5.41) is 14.6. The highest BCUT2D eigenvalue weighted by Gasteiger charge is 2.26. The molecule has 0 saturated carbocycles. The number of ether oxygens (including phenoxy) is 1. The van der Waals surface area contributed by atoms with E-state index >= 15 is 0 Å². The van der Waals surface area contributed by atoms with Gasteiger partial charge in [0.05, 0.1) is 17.9 Å². The van der Waals surface area contributed by atoms with Gasteiger partial charge in [0.1, 0.15) is 6.23 Å². The van der Waals surface area contributed by atoms with Crippen LogP contribution in [0.25, 0.3) is 33.2 Å². The van der Waals surface area contributed by atoms with Crippen LogP contribution in [-0.2, 0) is 4.74 Å². The lowest BCUT2D eigenvalue weighted by atomic mass is 10.0. The average molecular weight is 522 g/mol. The molecule has 0 bridgehead atoms. The molecule has 9 nitrogen and oxygen atoms in total. The first-order valence-corrected chi connectivity index (χ1v) is 13.7. The molecular weight excluding hydrogens is 490 g/mol. The van der Waals surface area contributed by atoms with Crippen LogP contribution in [0.1, 0.15) is 38.3 Å². The molecule has 0 radical (unpaired) electrons. The fraction of sp³-hybridized carbons (Fsp3) is 0.333. The van der Waals surface area contributed by atoms with E-state index in [0.29, 0.717) is 18.8 Å². The number of piperidine rings is 1. The minimum Gasteiger partial charge on any atom is -0.393 e. The molecule has 0 spiro atoms. The molecule has 0 aliphatic carbocycles. The van der Waals surface area contributed by atoms with Crippen LogP contribution in [0.2, 0.25) is 0 Å². The molecular formula is C30H31N7O2. The van der Waals surface area contributed by atoms with Crippen molar-refractivity contribution in [3.63, 3.8) is 0 Å². The fourth-order valence-electron chi connectivity index (χ4n) is 5.63. The van der Waals surface area contributed by atoms with E-state index in [1.54, 1.807) is 0 Å². The zero-order valence-corrected chi connectivity index (χ0v) is 21.7. The van der Waals surface area contributed by atoms with E-state index in [1.807, 2.05) is 47.4 Å². The van der Waals surface area contributed by atoms with Crippen LogP contribution < -0.4 is 10.2 Å². The van der Waals surface area contributed by atoms with E-state index in [4.69, 9.17) is 19.7 Å². The molecule has 5 aromatic rings. The second-order valence-electron chi connectivity index (χ2n) is 10.3. The molecule has 2 aliphatic rings. The summed E-state index contributed by atoms with van der Waals surface area (Å²) in [4.78, 5) is 21.4. The van der Waals surface area contributed by atoms with Gasteiger partial charge in [0.2, 0.25) is 5.95 Å². The summed E-state index contributed by atoms with van der Waals surface area (Å²) in [6.07, 6.45) is 7.88. The van der Waals surface area contributed by atoms with Gasteiger partial charge >= 0.3 is 0 Å². The van der Waals surface area contributed by atoms with E-state index < -0.39 is 0 Å². The van der Waals surface area contributed by atoms with Gasteiger partial charge in [0.25, 0.3) is 0 Å². The predicted molar refractivity (Wildman–Crippen MR) is 152 cm³/mol. The molecule has 2 fully saturated rings. The first kappa shape index (κ1) is 24.0. The van der Waals surface area contributed by atoms with Gasteiger partial charge in [-0.15, -0.1) is 0 Å². The van der Waals surface area contributed by atoms with Crippen LogP contribution in [0.4, 0.5) is 17.5 Å². The number of fused-ring (bicyclic) bond motifs is 2. The van der Waals surface area contributed by atoms with Gasteiger partial charge in [0.15, 0.2) is 17.0 Å². The highest BCUT2D eigenvalue weighted by molar-refractivity contribution is 5.96. The lowest BCUT2D eigenvalue weighted by molar-refractivity contribution is -0.0298. The largest absolute Gasteiger partial charge is 0.393 e. The molecule has 3 aromatic heterocycles. The monoisotopic (exact) mass is 521 g/mol. The van der Waals surface area contributed by atoms with Crippen molar-refractivity contribution < 1.29 is 9.84 Å². The predicted octanol–water partition coefficient (Wildman–Crippen LogP) is 5.45. The molecule has 9 heteroatoms. The summed E-state index contributed by atoms with van der Waals surface area (Å²) in [6.45, 7) is 2.19. The number of aromatic nitrogens is 5. The lowest BCUT2D eigenvalue weighted by Crippen LogP contribution is -2.36. The highest BCUT2D eigenvalue weighted by atomic mass is 16.5. The third-order valence-electron chi connectivity index (χ3n) is 7.72. The van der Waals surface area contributed by atoms with Gasteiger partial charge in [0, 0.05) is 37.0 Å². The maximum atomic E-state index is 10.1. The number of benzene rings is 2. The van der Waals surface area contributed by atoms with Crippen molar-refractivity contribution in [2.75, 3.05) is 29.9 Å². The summed E-state index contributed by atoms with van der Waals surface area (Å²) >= 11 is 0. The summed E-state index contributed by atoms with van der Waals surface area (Å²) in [5.74, 6) is 1.29. The number of imidazole rings is 1. The number of nitrogens with one attached hydrogen (secondary N) is 1. The Labute approximate surface area is 226 Å². The number of nitrogens with zero attached hydrogens (tertiary/aromatic N) is 6. The Balaban J connectivity index is 1.30. The number of aliphatic hydroxyl groups excluding tert-OH is 1. The third-order valence-corrected chi connectivity index (χ3v) is 7.72. The van der Waals surface area contributed by atoms with E-state index in [1.165, 1.54) is 0 Å². The van der Waals surface area contributed by atoms with Crippen molar-refractivity contribution in [2.24, 2.45) is 0 Å². The van der Waals surface area contributed by atoms with Crippen molar-refractivity contribution >= 4 is 39.5 Å². The Kier molecular flexibility index (Phi) is 6.30. The summed E-state index contributed by atoms with van der Waals surface area (Å²) in [5.41, 5.74) is 5.60. The molecule has 1 atom stereocenters.